The lowest BCUT2D eigenvalue weighted by atomic mass is 10.3. The average molecular weight is 434 g/mol. The number of guanidine groups is 1. The fourth-order valence-electron chi connectivity index (χ4n) is 2.43. The van der Waals surface area contributed by atoms with Gasteiger partial charge in [0.2, 0.25) is 0 Å². The Hall–Kier alpha value is -0.760. The number of piperazine rings is 1. The SMILES string of the molecule is C/C=C/CCN=C(NCC)N1CCN(c2cccs2)CC1.I. The lowest BCUT2D eigenvalue weighted by Crippen LogP contribution is -2.52. The molecular formula is C16H27IN4S. The molecule has 0 radical (unpaired) electrons. The molecule has 0 amide bonds. The van der Waals surface area contributed by atoms with Gasteiger partial charge in [-0.15, -0.1) is 35.3 Å². The fraction of sp³-hybridized carbons (Fsp3) is 0.562. The van der Waals surface area contributed by atoms with E-state index in [-0.39, 0.29) is 24.0 Å². The number of thiophene rings is 1. The molecule has 1 aromatic heterocycles. The zero-order chi connectivity index (χ0) is 14.9. The summed E-state index contributed by atoms with van der Waals surface area (Å²) >= 11 is 1.82. The summed E-state index contributed by atoms with van der Waals surface area (Å²) in [6.45, 7) is 10.2. The molecule has 6 heteroatoms. The minimum absolute atomic E-state index is 0. The van der Waals surface area contributed by atoms with E-state index >= 15 is 0 Å². The van der Waals surface area contributed by atoms with Crippen molar-refractivity contribution in [3.8, 4) is 0 Å². The van der Waals surface area contributed by atoms with E-state index in [9.17, 15) is 0 Å². The number of nitrogens with zero attached hydrogens (tertiary/aromatic N) is 3. The van der Waals surface area contributed by atoms with E-state index in [4.69, 9.17) is 4.99 Å². The first-order valence-electron chi connectivity index (χ1n) is 7.78. The monoisotopic (exact) mass is 434 g/mol. The van der Waals surface area contributed by atoms with Gasteiger partial charge in [-0.1, -0.05) is 12.2 Å². The van der Waals surface area contributed by atoms with Gasteiger partial charge in [0.15, 0.2) is 5.96 Å². The van der Waals surface area contributed by atoms with Gasteiger partial charge in [0, 0.05) is 39.3 Å². The highest BCUT2D eigenvalue weighted by Gasteiger charge is 2.19. The predicted molar refractivity (Wildman–Crippen MR) is 109 cm³/mol. The number of rotatable bonds is 5. The number of nitrogens with one attached hydrogen (secondary N) is 1. The topological polar surface area (TPSA) is 30.9 Å². The van der Waals surface area contributed by atoms with Gasteiger partial charge in [-0.05, 0) is 37.8 Å². The minimum Gasteiger partial charge on any atom is -0.360 e. The molecule has 0 atom stereocenters. The standard InChI is InChI=1S/C16H26N4S.HI/c1-3-5-6-9-18-16(17-4-2)20-12-10-19(11-13-20)15-8-7-14-21-15;/h3,5,7-8,14H,4,6,9-13H2,1-2H3,(H,17,18);1H/b5-3+;. The lowest BCUT2D eigenvalue weighted by molar-refractivity contribution is 0.373. The largest absolute Gasteiger partial charge is 0.360 e. The summed E-state index contributed by atoms with van der Waals surface area (Å²) in [5.74, 6) is 1.06. The van der Waals surface area contributed by atoms with Crippen molar-refractivity contribution in [3.05, 3.63) is 29.7 Å². The van der Waals surface area contributed by atoms with Crippen molar-refractivity contribution in [1.29, 1.82) is 0 Å². The highest BCUT2D eigenvalue weighted by molar-refractivity contribution is 14.0. The lowest BCUT2D eigenvalue weighted by Gasteiger charge is -2.37. The third kappa shape index (κ3) is 5.79. The number of aliphatic imine (C=N–C) groups is 1. The van der Waals surface area contributed by atoms with Crippen LogP contribution in [0.15, 0.2) is 34.7 Å². The van der Waals surface area contributed by atoms with Crippen LogP contribution in [0.2, 0.25) is 0 Å². The van der Waals surface area contributed by atoms with Crippen LogP contribution >= 0.6 is 35.3 Å². The van der Waals surface area contributed by atoms with Gasteiger partial charge in [0.25, 0.3) is 0 Å². The summed E-state index contributed by atoms with van der Waals surface area (Å²) in [6, 6.07) is 4.33. The highest BCUT2D eigenvalue weighted by atomic mass is 127. The van der Waals surface area contributed by atoms with Gasteiger partial charge in [0.1, 0.15) is 0 Å². The van der Waals surface area contributed by atoms with Crippen LogP contribution in [0.5, 0.6) is 0 Å². The van der Waals surface area contributed by atoms with Gasteiger partial charge in [0.05, 0.1) is 5.00 Å². The van der Waals surface area contributed by atoms with Crippen LogP contribution in [0, 0.1) is 0 Å². The summed E-state index contributed by atoms with van der Waals surface area (Å²) in [5.41, 5.74) is 0. The van der Waals surface area contributed by atoms with E-state index in [1.807, 2.05) is 11.3 Å². The van der Waals surface area contributed by atoms with Gasteiger partial charge in [-0.25, -0.2) is 0 Å². The molecule has 1 aliphatic heterocycles. The van der Waals surface area contributed by atoms with Crippen molar-refractivity contribution in [2.45, 2.75) is 20.3 Å². The number of hydrogen-bond donors (Lipinski definition) is 1. The van der Waals surface area contributed by atoms with E-state index in [1.54, 1.807) is 0 Å². The third-order valence-corrected chi connectivity index (χ3v) is 4.45. The minimum atomic E-state index is 0. The zero-order valence-electron chi connectivity index (χ0n) is 13.5. The molecule has 124 valence electrons. The zero-order valence-corrected chi connectivity index (χ0v) is 16.6. The van der Waals surface area contributed by atoms with E-state index < -0.39 is 0 Å². The number of hydrogen-bond acceptors (Lipinski definition) is 3. The second kappa shape index (κ2) is 10.9. The van der Waals surface area contributed by atoms with Crippen molar-refractivity contribution >= 4 is 46.3 Å². The molecular weight excluding hydrogens is 407 g/mol. The van der Waals surface area contributed by atoms with Crippen LogP contribution in [0.4, 0.5) is 5.00 Å². The Morgan fingerprint density at radius 2 is 2.14 bits per heavy atom. The molecule has 0 aromatic carbocycles. The number of allylic oxidation sites excluding steroid dienone is 1. The van der Waals surface area contributed by atoms with Gasteiger partial charge in [-0.3, -0.25) is 4.99 Å². The quantitative estimate of drug-likeness (QED) is 0.253. The van der Waals surface area contributed by atoms with Gasteiger partial charge in [-0.2, -0.15) is 0 Å². The molecule has 1 fully saturated rings. The van der Waals surface area contributed by atoms with Crippen LogP contribution < -0.4 is 10.2 Å². The van der Waals surface area contributed by atoms with E-state index in [0.717, 1.165) is 51.6 Å². The molecule has 1 saturated heterocycles. The number of anilines is 1. The molecule has 2 rings (SSSR count). The van der Waals surface area contributed by atoms with Crippen LogP contribution in [-0.2, 0) is 0 Å². The Labute approximate surface area is 155 Å². The van der Waals surface area contributed by atoms with Crippen LogP contribution in [0.3, 0.4) is 0 Å². The third-order valence-electron chi connectivity index (χ3n) is 3.52. The molecule has 1 aromatic rings. The molecule has 22 heavy (non-hydrogen) atoms. The summed E-state index contributed by atoms with van der Waals surface area (Å²) in [5, 5.41) is 6.94. The van der Waals surface area contributed by atoms with Crippen LogP contribution in [0.25, 0.3) is 0 Å². The van der Waals surface area contributed by atoms with Crippen molar-refractivity contribution < 1.29 is 0 Å². The second-order valence-electron chi connectivity index (χ2n) is 5.02. The number of halogens is 1. The molecule has 1 N–H and O–H groups in total. The molecule has 2 heterocycles. The summed E-state index contributed by atoms with van der Waals surface area (Å²) in [4.78, 5) is 9.57. The summed E-state index contributed by atoms with van der Waals surface area (Å²) in [6.07, 6.45) is 5.27. The Morgan fingerprint density at radius 1 is 1.36 bits per heavy atom. The van der Waals surface area contributed by atoms with E-state index in [1.165, 1.54) is 5.00 Å². The van der Waals surface area contributed by atoms with Crippen molar-refractivity contribution in [1.82, 2.24) is 10.2 Å². The molecule has 0 aliphatic carbocycles. The molecule has 0 saturated carbocycles. The average Bonchev–Trinajstić information content (AvgIpc) is 3.05. The molecule has 4 nitrogen and oxygen atoms in total. The second-order valence-corrected chi connectivity index (χ2v) is 5.94. The smallest absolute Gasteiger partial charge is 0.194 e. The Kier molecular flexibility index (Phi) is 9.54. The van der Waals surface area contributed by atoms with Gasteiger partial charge < -0.3 is 15.1 Å². The van der Waals surface area contributed by atoms with Crippen LogP contribution in [0.1, 0.15) is 20.3 Å². The van der Waals surface area contributed by atoms with Crippen molar-refractivity contribution in [3.63, 3.8) is 0 Å². The first-order chi connectivity index (χ1) is 10.3. The maximum Gasteiger partial charge on any atom is 0.194 e. The fourth-order valence-corrected chi connectivity index (χ4v) is 3.21. The summed E-state index contributed by atoms with van der Waals surface area (Å²) < 4.78 is 0. The van der Waals surface area contributed by atoms with Crippen LogP contribution in [-0.4, -0.2) is 50.1 Å². The summed E-state index contributed by atoms with van der Waals surface area (Å²) in [7, 11) is 0. The molecule has 0 bridgehead atoms. The first kappa shape index (κ1) is 19.3. The Morgan fingerprint density at radius 3 is 2.73 bits per heavy atom. The Balaban J connectivity index is 0.00000242. The van der Waals surface area contributed by atoms with E-state index in [0.29, 0.717) is 0 Å². The maximum absolute atomic E-state index is 4.73. The van der Waals surface area contributed by atoms with Crippen molar-refractivity contribution in [2.24, 2.45) is 4.99 Å². The highest BCUT2D eigenvalue weighted by Crippen LogP contribution is 2.22. The molecule has 1 aliphatic rings. The molecule has 0 spiro atoms. The normalized spacial score (nSPS) is 16.0. The predicted octanol–water partition coefficient (Wildman–Crippen LogP) is 3.42. The van der Waals surface area contributed by atoms with Crippen molar-refractivity contribution in [2.75, 3.05) is 44.2 Å². The Bertz CT molecular complexity index is 451. The van der Waals surface area contributed by atoms with Gasteiger partial charge >= 0.3 is 0 Å². The maximum atomic E-state index is 4.73. The first-order valence-corrected chi connectivity index (χ1v) is 8.66. The molecule has 0 unspecified atom stereocenters. The van der Waals surface area contributed by atoms with E-state index in [2.05, 4.69) is 58.6 Å².